The molecule has 0 aromatic heterocycles. The lowest BCUT2D eigenvalue weighted by Crippen LogP contribution is -2.71. The van der Waals surface area contributed by atoms with Gasteiger partial charge in [0.2, 0.25) is 5.11 Å². The van der Waals surface area contributed by atoms with Gasteiger partial charge in [0.15, 0.2) is 0 Å². The molecule has 4 nitrogen and oxygen atoms in total. The van der Waals surface area contributed by atoms with Crippen molar-refractivity contribution in [1.82, 2.24) is 10.3 Å². The molecule has 1 heterocycles. The molecule has 0 radical (unpaired) electrons. The fraction of sp³-hybridized carbons (Fsp3) is 0.857. The fourth-order valence-electron chi connectivity index (χ4n) is 1.53. The highest BCUT2D eigenvalue weighted by atomic mass is 32.1. The standard InChI is InChI=1S/C7H15N3OS/c1-7(2)5(11)3-4-10(7)6(12)9-8/h5,11H,3-4,8H2,1-2H3,(H,9,12)/p+1. The van der Waals surface area contributed by atoms with E-state index in [0.29, 0.717) is 5.11 Å². The van der Waals surface area contributed by atoms with E-state index in [0.717, 1.165) is 13.0 Å². The van der Waals surface area contributed by atoms with E-state index < -0.39 is 0 Å². The van der Waals surface area contributed by atoms with E-state index in [1.807, 2.05) is 18.7 Å². The van der Waals surface area contributed by atoms with Crippen LogP contribution < -0.4 is 11.3 Å². The molecule has 0 amide bonds. The number of rotatable bonds is 0. The molecule has 0 bridgehead atoms. The highest BCUT2D eigenvalue weighted by molar-refractivity contribution is 7.80. The average Bonchev–Trinajstić information content (AvgIpc) is 2.27. The van der Waals surface area contributed by atoms with Crippen LogP contribution in [0.4, 0.5) is 0 Å². The summed E-state index contributed by atoms with van der Waals surface area (Å²) in [7, 11) is 0. The lowest BCUT2D eigenvalue weighted by Gasteiger charge is -2.34. The van der Waals surface area contributed by atoms with Crippen LogP contribution in [0.3, 0.4) is 0 Å². The third kappa shape index (κ3) is 1.39. The smallest absolute Gasteiger partial charge is 0.216 e. The first-order valence-electron chi connectivity index (χ1n) is 4.03. The van der Waals surface area contributed by atoms with E-state index in [9.17, 15) is 5.11 Å². The molecule has 0 saturated carbocycles. The van der Waals surface area contributed by atoms with E-state index in [-0.39, 0.29) is 11.6 Å². The number of hydrogen-bond acceptors (Lipinski definition) is 2. The molecule has 5 heteroatoms. The van der Waals surface area contributed by atoms with Gasteiger partial charge in [-0.3, -0.25) is 5.84 Å². The molecule has 1 saturated heterocycles. The van der Waals surface area contributed by atoms with Crippen LogP contribution in [-0.4, -0.2) is 33.3 Å². The van der Waals surface area contributed by atoms with Crippen molar-refractivity contribution in [3.8, 4) is 0 Å². The van der Waals surface area contributed by atoms with Gasteiger partial charge in [0.05, 0.1) is 11.6 Å². The van der Waals surface area contributed by atoms with Crippen LogP contribution in [0.1, 0.15) is 20.3 Å². The monoisotopic (exact) mass is 190 g/mol. The Morgan fingerprint density at radius 1 is 1.75 bits per heavy atom. The van der Waals surface area contributed by atoms with Gasteiger partial charge in [-0.25, -0.2) is 5.43 Å². The largest absolute Gasteiger partial charge is 0.391 e. The quantitative estimate of drug-likeness (QED) is 0.334. The number of aliphatic hydroxyl groups is 1. The SMILES string of the molecule is CC1(C)C(O)CCN1C(=S)N[NH3+]. The van der Waals surface area contributed by atoms with Gasteiger partial charge >= 0.3 is 0 Å². The zero-order chi connectivity index (χ0) is 9.35. The normalized spacial score (nSPS) is 27.3. The Morgan fingerprint density at radius 3 is 2.67 bits per heavy atom. The van der Waals surface area contributed by atoms with Crippen molar-refractivity contribution in [3.63, 3.8) is 0 Å². The zero-order valence-corrected chi connectivity index (χ0v) is 8.32. The lowest BCUT2D eigenvalue weighted by atomic mass is 9.99. The van der Waals surface area contributed by atoms with E-state index in [1.165, 1.54) is 0 Å². The summed E-state index contributed by atoms with van der Waals surface area (Å²) in [4.78, 5) is 1.97. The number of nitrogens with one attached hydrogen (secondary N) is 1. The Morgan fingerprint density at radius 2 is 2.33 bits per heavy atom. The molecule has 1 unspecified atom stereocenters. The van der Waals surface area contributed by atoms with Crippen molar-refractivity contribution < 1.29 is 10.9 Å². The molecule has 5 N–H and O–H groups in total. The molecule has 1 aliphatic rings. The molecule has 1 rings (SSSR count). The van der Waals surface area contributed by atoms with Gasteiger partial charge in [-0.1, -0.05) is 0 Å². The summed E-state index contributed by atoms with van der Waals surface area (Å²) in [5, 5.41) is 10.2. The Labute approximate surface area is 77.7 Å². The molecule has 0 aromatic rings. The second kappa shape index (κ2) is 3.16. The van der Waals surface area contributed by atoms with Crippen molar-refractivity contribution >= 4 is 17.3 Å². The maximum Gasteiger partial charge on any atom is 0.216 e. The molecule has 1 fully saturated rings. The molecule has 1 atom stereocenters. The third-order valence-corrected chi connectivity index (χ3v) is 2.90. The predicted octanol–water partition coefficient (Wildman–Crippen LogP) is -1.14. The lowest BCUT2D eigenvalue weighted by molar-refractivity contribution is -0.420. The van der Waals surface area contributed by atoms with Crippen LogP contribution in [0.5, 0.6) is 0 Å². The van der Waals surface area contributed by atoms with Crippen LogP contribution >= 0.6 is 12.2 Å². The maximum atomic E-state index is 9.62. The first-order valence-corrected chi connectivity index (χ1v) is 4.43. The van der Waals surface area contributed by atoms with Crippen molar-refractivity contribution in [2.75, 3.05) is 6.54 Å². The second-order valence-electron chi connectivity index (χ2n) is 3.59. The van der Waals surface area contributed by atoms with Gasteiger partial charge in [0, 0.05) is 6.54 Å². The molecule has 0 aliphatic carbocycles. The van der Waals surface area contributed by atoms with Gasteiger partial charge in [-0.2, -0.15) is 0 Å². The number of hydrogen-bond donors (Lipinski definition) is 3. The Hall–Kier alpha value is -0.390. The van der Waals surface area contributed by atoms with Crippen LogP contribution in [0, 0.1) is 0 Å². The molecular weight excluding hydrogens is 174 g/mol. The second-order valence-corrected chi connectivity index (χ2v) is 3.98. The summed E-state index contributed by atoms with van der Waals surface area (Å²) in [6.45, 7) is 4.76. The molecule has 1 aliphatic heterocycles. The topological polar surface area (TPSA) is 63.1 Å². The number of quaternary nitrogens is 1. The zero-order valence-electron chi connectivity index (χ0n) is 7.50. The van der Waals surface area contributed by atoms with Crippen molar-refractivity contribution in [1.29, 1.82) is 0 Å². The van der Waals surface area contributed by atoms with Crippen molar-refractivity contribution in [2.24, 2.45) is 0 Å². The van der Waals surface area contributed by atoms with Crippen LogP contribution in [0.15, 0.2) is 0 Å². The summed E-state index contributed by atoms with van der Waals surface area (Å²) in [6.07, 6.45) is 0.471. The molecule has 70 valence electrons. The van der Waals surface area contributed by atoms with Gasteiger partial charge in [-0.15, -0.1) is 0 Å². The van der Waals surface area contributed by atoms with Gasteiger partial charge in [0.25, 0.3) is 0 Å². The van der Waals surface area contributed by atoms with E-state index in [1.54, 1.807) is 0 Å². The maximum absolute atomic E-state index is 9.62. The molecular formula is C7H16N3OS+. The van der Waals surface area contributed by atoms with Crippen LogP contribution in [0.25, 0.3) is 0 Å². The minimum Gasteiger partial charge on any atom is -0.391 e. The predicted molar refractivity (Wildman–Crippen MR) is 50.0 cm³/mol. The first kappa shape index (κ1) is 9.70. The van der Waals surface area contributed by atoms with E-state index in [4.69, 9.17) is 12.2 Å². The number of thiocarbonyl (C=S) groups is 1. The minimum atomic E-state index is -0.302. The van der Waals surface area contributed by atoms with Crippen molar-refractivity contribution in [3.05, 3.63) is 0 Å². The van der Waals surface area contributed by atoms with Crippen molar-refractivity contribution in [2.45, 2.75) is 31.9 Å². The minimum absolute atomic E-state index is 0.262. The summed E-state index contributed by atoms with van der Waals surface area (Å²) >= 11 is 5.06. The number of aliphatic hydroxyl groups excluding tert-OH is 1. The van der Waals surface area contributed by atoms with Crippen LogP contribution in [0.2, 0.25) is 0 Å². The van der Waals surface area contributed by atoms with E-state index in [2.05, 4.69) is 11.3 Å². The van der Waals surface area contributed by atoms with Gasteiger partial charge < -0.3 is 10.0 Å². The third-order valence-electron chi connectivity index (χ3n) is 2.53. The molecule has 12 heavy (non-hydrogen) atoms. The van der Waals surface area contributed by atoms with Gasteiger partial charge in [0.1, 0.15) is 0 Å². The van der Waals surface area contributed by atoms with E-state index >= 15 is 0 Å². The Bertz CT molecular complexity index is 195. The molecule has 0 aromatic carbocycles. The summed E-state index contributed by atoms with van der Waals surface area (Å²) in [6, 6.07) is 0. The summed E-state index contributed by atoms with van der Waals surface area (Å²) in [5.74, 6) is 3.51. The number of nitrogens with zero attached hydrogens (tertiary/aromatic N) is 1. The highest BCUT2D eigenvalue weighted by Crippen LogP contribution is 2.28. The molecule has 0 spiro atoms. The highest BCUT2D eigenvalue weighted by Gasteiger charge is 2.41. The first-order chi connectivity index (χ1) is 5.50. The van der Waals surface area contributed by atoms with Gasteiger partial charge in [-0.05, 0) is 32.5 Å². The Kier molecular flexibility index (Phi) is 2.55. The summed E-state index contributed by atoms with van der Waals surface area (Å²) < 4.78 is 0. The van der Waals surface area contributed by atoms with Crippen LogP contribution in [-0.2, 0) is 0 Å². The average molecular weight is 190 g/mol. The summed E-state index contributed by atoms with van der Waals surface area (Å²) in [5.41, 5.74) is 2.42. The fourth-order valence-corrected chi connectivity index (χ4v) is 1.86. The number of likely N-dealkylation sites (tertiary alicyclic amines) is 1. The Balaban J connectivity index is 2.74.